The van der Waals surface area contributed by atoms with Gasteiger partial charge in [0.05, 0.1) is 18.5 Å². The second-order valence-corrected chi connectivity index (χ2v) is 5.11. The molecule has 0 N–H and O–H groups in total. The third kappa shape index (κ3) is 2.85. The number of esters is 1. The third-order valence-corrected chi connectivity index (χ3v) is 3.44. The molecule has 0 saturated heterocycles. The van der Waals surface area contributed by atoms with E-state index in [1.54, 1.807) is 11.6 Å². The van der Waals surface area contributed by atoms with Crippen LogP contribution in [0.3, 0.4) is 0 Å². The van der Waals surface area contributed by atoms with E-state index in [-0.39, 0.29) is 18.7 Å². The monoisotopic (exact) mass is 312 g/mol. The van der Waals surface area contributed by atoms with Crippen LogP contribution in [0.5, 0.6) is 0 Å². The quantitative estimate of drug-likeness (QED) is 0.681. The molecular formula is C16H16N4O3. The highest BCUT2D eigenvalue weighted by atomic mass is 16.5. The summed E-state index contributed by atoms with van der Waals surface area (Å²) < 4.78 is 7.68. The Kier molecular flexibility index (Phi) is 3.92. The Morgan fingerprint density at radius 3 is 2.70 bits per heavy atom. The van der Waals surface area contributed by atoms with E-state index in [0.717, 1.165) is 11.3 Å². The van der Waals surface area contributed by atoms with E-state index in [4.69, 9.17) is 4.74 Å². The van der Waals surface area contributed by atoms with Gasteiger partial charge in [-0.05, 0) is 26.0 Å². The molecular weight excluding hydrogens is 296 g/mol. The molecule has 7 nitrogen and oxygen atoms in total. The number of benzene rings is 1. The highest BCUT2D eigenvalue weighted by Crippen LogP contribution is 2.14. The van der Waals surface area contributed by atoms with Crippen molar-refractivity contribution in [1.82, 2.24) is 19.3 Å². The number of rotatable bonds is 4. The van der Waals surface area contributed by atoms with Gasteiger partial charge in [-0.3, -0.25) is 14.2 Å². The smallest absolute Gasteiger partial charge is 0.326 e. The molecule has 7 heteroatoms. The van der Waals surface area contributed by atoms with E-state index in [0.29, 0.717) is 11.0 Å². The Bertz CT molecular complexity index is 909. The second kappa shape index (κ2) is 6.04. The predicted molar refractivity (Wildman–Crippen MR) is 84.5 cm³/mol. The minimum Gasteiger partial charge on any atom is -0.465 e. The molecule has 3 aromatic rings. The molecule has 0 atom stereocenters. The van der Waals surface area contributed by atoms with E-state index in [1.165, 1.54) is 17.1 Å². The largest absolute Gasteiger partial charge is 0.465 e. The van der Waals surface area contributed by atoms with E-state index < -0.39 is 5.97 Å². The van der Waals surface area contributed by atoms with Gasteiger partial charge in [0, 0.05) is 0 Å². The number of carbonyl (C=O) groups is 1. The van der Waals surface area contributed by atoms with Crippen molar-refractivity contribution < 1.29 is 9.53 Å². The molecule has 0 radical (unpaired) electrons. The molecule has 0 fully saturated rings. The van der Waals surface area contributed by atoms with Gasteiger partial charge in [0.2, 0.25) is 0 Å². The van der Waals surface area contributed by atoms with E-state index in [9.17, 15) is 9.59 Å². The van der Waals surface area contributed by atoms with Crippen LogP contribution in [0, 0.1) is 6.92 Å². The van der Waals surface area contributed by atoms with Crippen molar-refractivity contribution in [3.05, 3.63) is 52.7 Å². The summed E-state index contributed by atoms with van der Waals surface area (Å²) in [5, 5.41) is 4.60. The van der Waals surface area contributed by atoms with Crippen LogP contribution < -0.4 is 5.56 Å². The minimum atomic E-state index is -0.471. The van der Waals surface area contributed by atoms with Crippen molar-refractivity contribution in [1.29, 1.82) is 0 Å². The maximum atomic E-state index is 12.4. The van der Waals surface area contributed by atoms with Crippen LogP contribution >= 0.6 is 0 Å². The zero-order valence-electron chi connectivity index (χ0n) is 12.9. The van der Waals surface area contributed by atoms with Crippen LogP contribution in [0.25, 0.3) is 16.7 Å². The predicted octanol–water partition coefficient (Wildman–Crippen LogP) is 1.45. The first-order valence-corrected chi connectivity index (χ1v) is 7.26. The second-order valence-electron chi connectivity index (χ2n) is 5.11. The fourth-order valence-electron chi connectivity index (χ4n) is 2.28. The Balaban J connectivity index is 2.02. The zero-order chi connectivity index (χ0) is 16.4. The average molecular weight is 312 g/mol. The van der Waals surface area contributed by atoms with Gasteiger partial charge in [-0.15, -0.1) is 0 Å². The van der Waals surface area contributed by atoms with Gasteiger partial charge in [-0.25, -0.2) is 9.67 Å². The van der Waals surface area contributed by atoms with Gasteiger partial charge in [0.1, 0.15) is 18.3 Å². The SMILES string of the molecule is CCOC(=O)Cn1cnc2c(cnn2-c2ccc(C)cc2)c1=O. The van der Waals surface area contributed by atoms with Gasteiger partial charge in [-0.2, -0.15) is 5.10 Å². The topological polar surface area (TPSA) is 79.0 Å². The van der Waals surface area contributed by atoms with Crippen LogP contribution in [0.15, 0.2) is 41.6 Å². The first-order valence-electron chi connectivity index (χ1n) is 7.26. The summed E-state index contributed by atoms with van der Waals surface area (Å²) in [4.78, 5) is 28.2. The molecule has 3 rings (SSSR count). The van der Waals surface area contributed by atoms with Crippen molar-refractivity contribution >= 4 is 17.0 Å². The molecule has 0 unspecified atom stereocenters. The lowest BCUT2D eigenvalue weighted by molar-refractivity contribution is -0.143. The van der Waals surface area contributed by atoms with E-state index >= 15 is 0 Å². The molecule has 23 heavy (non-hydrogen) atoms. The van der Waals surface area contributed by atoms with Crippen LogP contribution in [0.1, 0.15) is 12.5 Å². The van der Waals surface area contributed by atoms with Gasteiger partial charge >= 0.3 is 5.97 Å². The summed E-state index contributed by atoms with van der Waals surface area (Å²) in [7, 11) is 0. The molecule has 2 aromatic heterocycles. The van der Waals surface area contributed by atoms with Crippen molar-refractivity contribution in [2.75, 3.05) is 6.61 Å². The normalized spacial score (nSPS) is 10.9. The number of nitrogens with zero attached hydrogens (tertiary/aromatic N) is 4. The first-order chi connectivity index (χ1) is 11.1. The molecule has 0 aliphatic carbocycles. The summed E-state index contributed by atoms with van der Waals surface area (Å²) in [6.07, 6.45) is 2.81. The molecule has 0 aliphatic rings. The van der Waals surface area contributed by atoms with Crippen molar-refractivity contribution in [3.8, 4) is 5.69 Å². The van der Waals surface area contributed by atoms with Crippen LogP contribution in [0.2, 0.25) is 0 Å². The standard InChI is InChI=1S/C16H16N4O3/c1-3-23-14(21)9-19-10-17-15-13(16(19)22)8-18-20(15)12-6-4-11(2)5-7-12/h4-8,10H,3,9H2,1-2H3. The van der Waals surface area contributed by atoms with Gasteiger partial charge in [0.25, 0.3) is 5.56 Å². The zero-order valence-corrected chi connectivity index (χ0v) is 12.9. The van der Waals surface area contributed by atoms with Gasteiger partial charge in [0.15, 0.2) is 5.65 Å². The Morgan fingerprint density at radius 2 is 2.00 bits per heavy atom. The van der Waals surface area contributed by atoms with Crippen LogP contribution in [-0.4, -0.2) is 31.9 Å². The fourth-order valence-corrected chi connectivity index (χ4v) is 2.28. The molecule has 2 heterocycles. The fraction of sp³-hybridized carbons (Fsp3) is 0.250. The number of aromatic nitrogens is 4. The van der Waals surface area contributed by atoms with Crippen molar-refractivity contribution in [2.45, 2.75) is 20.4 Å². The maximum Gasteiger partial charge on any atom is 0.326 e. The lowest BCUT2D eigenvalue weighted by Gasteiger charge is -2.06. The number of fused-ring (bicyclic) bond motifs is 1. The van der Waals surface area contributed by atoms with Crippen molar-refractivity contribution in [2.24, 2.45) is 0 Å². The van der Waals surface area contributed by atoms with Gasteiger partial charge in [-0.1, -0.05) is 17.7 Å². The number of carbonyl (C=O) groups excluding carboxylic acids is 1. The van der Waals surface area contributed by atoms with Gasteiger partial charge < -0.3 is 4.74 Å². The third-order valence-electron chi connectivity index (χ3n) is 3.44. The molecule has 0 spiro atoms. The average Bonchev–Trinajstić information content (AvgIpc) is 2.96. The summed E-state index contributed by atoms with van der Waals surface area (Å²) in [6, 6.07) is 7.75. The Morgan fingerprint density at radius 1 is 1.26 bits per heavy atom. The van der Waals surface area contributed by atoms with E-state index in [1.807, 2.05) is 31.2 Å². The highest BCUT2D eigenvalue weighted by Gasteiger charge is 2.13. The Hall–Kier alpha value is -2.96. The molecule has 0 saturated carbocycles. The summed E-state index contributed by atoms with van der Waals surface area (Å²) in [5.41, 5.74) is 2.09. The summed E-state index contributed by atoms with van der Waals surface area (Å²) in [6.45, 7) is 3.82. The molecule has 118 valence electrons. The number of ether oxygens (including phenoxy) is 1. The maximum absolute atomic E-state index is 12.4. The molecule has 0 aliphatic heterocycles. The van der Waals surface area contributed by atoms with E-state index in [2.05, 4.69) is 10.1 Å². The van der Waals surface area contributed by atoms with Crippen LogP contribution in [-0.2, 0) is 16.1 Å². The molecule has 1 aromatic carbocycles. The summed E-state index contributed by atoms with van der Waals surface area (Å²) >= 11 is 0. The lowest BCUT2D eigenvalue weighted by atomic mass is 10.2. The Labute approximate surface area is 132 Å². The van der Waals surface area contributed by atoms with Crippen LogP contribution in [0.4, 0.5) is 0 Å². The number of hydrogen-bond donors (Lipinski definition) is 0. The first kappa shape index (κ1) is 15.0. The summed E-state index contributed by atoms with van der Waals surface area (Å²) in [5.74, 6) is -0.471. The van der Waals surface area contributed by atoms with Crippen molar-refractivity contribution in [3.63, 3.8) is 0 Å². The number of aryl methyl sites for hydroxylation is 1. The lowest BCUT2D eigenvalue weighted by Crippen LogP contribution is -2.25. The molecule has 0 bridgehead atoms. The molecule has 0 amide bonds. The minimum absolute atomic E-state index is 0.161. The number of hydrogen-bond acceptors (Lipinski definition) is 5. The highest BCUT2D eigenvalue weighted by molar-refractivity contribution is 5.75.